The van der Waals surface area contributed by atoms with Crippen molar-refractivity contribution in [2.24, 2.45) is 0 Å². The molecule has 1 heterocycles. The number of likely N-dealkylation sites (N-methyl/N-ethyl adjacent to an activating group) is 1. The molecule has 2 aromatic carbocycles. The molecule has 6 nitrogen and oxygen atoms in total. The van der Waals surface area contributed by atoms with E-state index in [9.17, 15) is 4.79 Å². The number of hydrogen-bond acceptors (Lipinski definition) is 5. The number of amides is 1. The zero-order valence-corrected chi connectivity index (χ0v) is 17.7. The lowest BCUT2D eigenvalue weighted by Gasteiger charge is -2.18. The van der Waals surface area contributed by atoms with Crippen molar-refractivity contribution < 1.29 is 19.0 Å². The Balaban J connectivity index is 1.88. The molecule has 0 aromatic heterocycles. The standard InChI is InChI=1S/C23H30N2O4/c1-5-25-12-11-16-9-10-18(15-19(16)25)24-23(26)17-13-20(27-6-2)22(29-8-4)21(14-17)28-7-3/h9-10,13-15H,5-8,11-12H2,1-4H3,(H,24,26). The topological polar surface area (TPSA) is 60.0 Å². The third-order valence-electron chi connectivity index (χ3n) is 4.89. The Morgan fingerprint density at radius 2 is 1.62 bits per heavy atom. The van der Waals surface area contributed by atoms with Gasteiger partial charge in [0.05, 0.1) is 19.8 Å². The van der Waals surface area contributed by atoms with Crippen LogP contribution in [0.5, 0.6) is 17.2 Å². The van der Waals surface area contributed by atoms with Crippen LogP contribution in [0.15, 0.2) is 30.3 Å². The third-order valence-corrected chi connectivity index (χ3v) is 4.89. The second-order valence-electron chi connectivity index (χ2n) is 6.73. The molecule has 0 unspecified atom stereocenters. The van der Waals surface area contributed by atoms with Crippen molar-refractivity contribution in [3.8, 4) is 17.2 Å². The molecule has 0 saturated heterocycles. The van der Waals surface area contributed by atoms with Crippen molar-refractivity contribution in [1.82, 2.24) is 0 Å². The van der Waals surface area contributed by atoms with E-state index in [0.717, 1.165) is 25.2 Å². The Kier molecular flexibility index (Phi) is 6.86. The summed E-state index contributed by atoms with van der Waals surface area (Å²) in [4.78, 5) is 15.3. The van der Waals surface area contributed by atoms with Crippen LogP contribution in [0.3, 0.4) is 0 Å². The van der Waals surface area contributed by atoms with Crippen molar-refractivity contribution in [2.75, 3.05) is 43.1 Å². The summed E-state index contributed by atoms with van der Waals surface area (Å²) in [7, 11) is 0. The highest BCUT2D eigenvalue weighted by Crippen LogP contribution is 2.39. The van der Waals surface area contributed by atoms with Gasteiger partial charge in [-0.2, -0.15) is 0 Å². The first-order valence-corrected chi connectivity index (χ1v) is 10.4. The molecule has 0 bridgehead atoms. The number of hydrogen-bond donors (Lipinski definition) is 1. The van der Waals surface area contributed by atoms with Gasteiger partial charge in [-0.3, -0.25) is 4.79 Å². The van der Waals surface area contributed by atoms with Crippen LogP contribution in [-0.2, 0) is 6.42 Å². The average molecular weight is 399 g/mol. The molecule has 2 aromatic rings. The number of nitrogens with one attached hydrogen (secondary N) is 1. The second kappa shape index (κ2) is 9.54. The van der Waals surface area contributed by atoms with Gasteiger partial charge >= 0.3 is 0 Å². The van der Waals surface area contributed by atoms with Gasteiger partial charge < -0.3 is 24.4 Å². The number of anilines is 2. The average Bonchev–Trinajstić information content (AvgIpc) is 3.13. The number of carbonyl (C=O) groups is 1. The van der Waals surface area contributed by atoms with E-state index in [2.05, 4.69) is 23.2 Å². The molecule has 0 radical (unpaired) electrons. The van der Waals surface area contributed by atoms with E-state index >= 15 is 0 Å². The third kappa shape index (κ3) is 4.58. The van der Waals surface area contributed by atoms with Gasteiger partial charge in [0.15, 0.2) is 11.5 Å². The van der Waals surface area contributed by atoms with Crippen LogP contribution in [0.1, 0.15) is 43.6 Å². The second-order valence-corrected chi connectivity index (χ2v) is 6.73. The van der Waals surface area contributed by atoms with Crippen LogP contribution >= 0.6 is 0 Å². The largest absolute Gasteiger partial charge is 0.490 e. The minimum Gasteiger partial charge on any atom is -0.490 e. The molecule has 1 aliphatic rings. The van der Waals surface area contributed by atoms with Crippen molar-refractivity contribution >= 4 is 17.3 Å². The molecule has 0 saturated carbocycles. The molecule has 3 rings (SSSR count). The fourth-order valence-electron chi connectivity index (χ4n) is 3.57. The zero-order chi connectivity index (χ0) is 20.8. The summed E-state index contributed by atoms with van der Waals surface area (Å²) in [6, 6.07) is 9.51. The molecule has 0 spiro atoms. The van der Waals surface area contributed by atoms with E-state index in [1.54, 1.807) is 12.1 Å². The van der Waals surface area contributed by atoms with E-state index < -0.39 is 0 Å². The monoisotopic (exact) mass is 398 g/mol. The lowest BCUT2D eigenvalue weighted by molar-refractivity contribution is 0.102. The fraction of sp³-hybridized carbons (Fsp3) is 0.435. The van der Waals surface area contributed by atoms with Gasteiger partial charge in [0.1, 0.15) is 0 Å². The maximum absolute atomic E-state index is 13.0. The van der Waals surface area contributed by atoms with Crippen LogP contribution in [0.4, 0.5) is 11.4 Å². The van der Waals surface area contributed by atoms with E-state index in [0.29, 0.717) is 42.6 Å². The van der Waals surface area contributed by atoms with Gasteiger partial charge in [-0.25, -0.2) is 0 Å². The predicted octanol–water partition coefficient (Wildman–Crippen LogP) is 4.52. The molecular weight excluding hydrogens is 368 g/mol. The summed E-state index contributed by atoms with van der Waals surface area (Å²) in [5.74, 6) is 1.34. The first-order valence-electron chi connectivity index (χ1n) is 10.4. The Hall–Kier alpha value is -2.89. The summed E-state index contributed by atoms with van der Waals surface area (Å²) >= 11 is 0. The SMILES string of the molecule is CCOc1cc(C(=O)Nc2ccc3c(c2)N(CC)CC3)cc(OCC)c1OCC. The first-order chi connectivity index (χ1) is 14.1. The molecular formula is C23H30N2O4. The Labute approximate surface area is 172 Å². The maximum atomic E-state index is 13.0. The Morgan fingerprint density at radius 3 is 2.21 bits per heavy atom. The maximum Gasteiger partial charge on any atom is 0.255 e. The van der Waals surface area contributed by atoms with Gasteiger partial charge in [-0.1, -0.05) is 6.07 Å². The number of ether oxygens (including phenoxy) is 3. The fourth-order valence-corrected chi connectivity index (χ4v) is 3.57. The molecule has 0 fully saturated rings. The molecule has 0 aliphatic carbocycles. The summed E-state index contributed by atoms with van der Waals surface area (Å²) in [5, 5.41) is 3.01. The predicted molar refractivity (Wildman–Crippen MR) is 116 cm³/mol. The number of rotatable bonds is 9. The zero-order valence-electron chi connectivity index (χ0n) is 17.7. The van der Waals surface area contributed by atoms with Crippen molar-refractivity contribution in [2.45, 2.75) is 34.1 Å². The van der Waals surface area contributed by atoms with Crippen LogP contribution in [0.25, 0.3) is 0 Å². The molecule has 29 heavy (non-hydrogen) atoms. The highest BCUT2D eigenvalue weighted by molar-refractivity contribution is 6.05. The van der Waals surface area contributed by atoms with Crippen molar-refractivity contribution in [1.29, 1.82) is 0 Å². The number of fused-ring (bicyclic) bond motifs is 1. The smallest absolute Gasteiger partial charge is 0.255 e. The lowest BCUT2D eigenvalue weighted by atomic mass is 10.1. The summed E-state index contributed by atoms with van der Waals surface area (Å²) in [5.41, 5.74) is 3.76. The van der Waals surface area contributed by atoms with Crippen molar-refractivity contribution in [3.63, 3.8) is 0 Å². The van der Waals surface area contributed by atoms with Crippen LogP contribution in [-0.4, -0.2) is 38.8 Å². The Morgan fingerprint density at radius 1 is 0.966 bits per heavy atom. The quantitative estimate of drug-likeness (QED) is 0.673. The molecule has 0 atom stereocenters. The van der Waals surface area contributed by atoms with Crippen LogP contribution < -0.4 is 24.4 Å². The van der Waals surface area contributed by atoms with Gasteiger partial charge in [0, 0.05) is 30.0 Å². The van der Waals surface area contributed by atoms with Crippen LogP contribution in [0, 0.1) is 0 Å². The van der Waals surface area contributed by atoms with Gasteiger partial charge in [0.2, 0.25) is 5.75 Å². The molecule has 1 aliphatic heterocycles. The number of benzene rings is 2. The first kappa shape index (κ1) is 20.8. The van der Waals surface area contributed by atoms with E-state index in [4.69, 9.17) is 14.2 Å². The van der Waals surface area contributed by atoms with Gasteiger partial charge in [-0.05, 0) is 63.9 Å². The van der Waals surface area contributed by atoms with E-state index in [1.165, 1.54) is 11.3 Å². The number of carbonyl (C=O) groups excluding carboxylic acids is 1. The van der Waals surface area contributed by atoms with Crippen molar-refractivity contribution in [3.05, 3.63) is 41.5 Å². The highest BCUT2D eigenvalue weighted by atomic mass is 16.5. The minimum atomic E-state index is -0.212. The van der Waals surface area contributed by atoms with Gasteiger partial charge in [0.25, 0.3) is 5.91 Å². The summed E-state index contributed by atoms with van der Waals surface area (Å²) in [6.07, 6.45) is 1.05. The summed E-state index contributed by atoms with van der Waals surface area (Å²) < 4.78 is 17.1. The van der Waals surface area contributed by atoms with E-state index in [1.807, 2.05) is 32.9 Å². The lowest BCUT2D eigenvalue weighted by Crippen LogP contribution is -2.19. The molecule has 6 heteroatoms. The summed E-state index contributed by atoms with van der Waals surface area (Å²) in [6.45, 7) is 11.2. The molecule has 156 valence electrons. The highest BCUT2D eigenvalue weighted by Gasteiger charge is 2.20. The number of nitrogens with zero attached hydrogens (tertiary/aromatic N) is 1. The molecule has 1 amide bonds. The molecule has 1 N–H and O–H groups in total. The minimum absolute atomic E-state index is 0.212. The van der Waals surface area contributed by atoms with Crippen LogP contribution in [0.2, 0.25) is 0 Å². The normalized spacial score (nSPS) is 12.5. The Bertz CT molecular complexity index is 839. The van der Waals surface area contributed by atoms with E-state index in [-0.39, 0.29) is 5.91 Å². The van der Waals surface area contributed by atoms with Gasteiger partial charge in [-0.15, -0.1) is 0 Å².